The molecule has 1 aromatic heterocycles. The van der Waals surface area contributed by atoms with Crippen molar-refractivity contribution in [1.82, 2.24) is 0 Å². The predicted molar refractivity (Wildman–Crippen MR) is 132 cm³/mol. The first kappa shape index (κ1) is 16.7. The van der Waals surface area contributed by atoms with Crippen LogP contribution in [0.4, 0.5) is 0 Å². The fraction of sp³-hybridized carbons (Fsp3) is 0. The summed E-state index contributed by atoms with van der Waals surface area (Å²) in [5.41, 5.74) is 4.37. The molecule has 0 spiro atoms. The zero-order valence-electron chi connectivity index (χ0n) is 16.8. The third kappa shape index (κ3) is 2.38. The highest BCUT2D eigenvalue weighted by atomic mass is 16.3. The molecule has 0 radical (unpaired) electrons. The van der Waals surface area contributed by atoms with Crippen molar-refractivity contribution in [3.05, 3.63) is 109 Å². The molecule has 0 aliphatic rings. The minimum atomic E-state index is 0.930. The molecule has 0 N–H and O–H groups in total. The van der Waals surface area contributed by atoms with Crippen LogP contribution < -0.4 is 0 Å². The van der Waals surface area contributed by atoms with Gasteiger partial charge in [0.15, 0.2) is 0 Å². The molecule has 7 aromatic rings. The Balaban J connectivity index is 1.64. The monoisotopic (exact) mass is 394 g/mol. The van der Waals surface area contributed by atoms with Crippen molar-refractivity contribution in [2.45, 2.75) is 0 Å². The number of rotatable bonds is 1. The second-order valence-electron chi connectivity index (χ2n) is 8.17. The Morgan fingerprint density at radius 3 is 1.77 bits per heavy atom. The maximum Gasteiger partial charge on any atom is 0.136 e. The first-order chi connectivity index (χ1) is 15.4. The summed E-state index contributed by atoms with van der Waals surface area (Å²) in [4.78, 5) is 0. The van der Waals surface area contributed by atoms with Gasteiger partial charge in [0.05, 0.1) is 0 Å². The molecule has 7 rings (SSSR count). The van der Waals surface area contributed by atoms with Gasteiger partial charge in [-0.1, -0.05) is 84.9 Å². The predicted octanol–water partition coefficient (Wildman–Crippen LogP) is 8.71. The second kappa shape index (κ2) is 6.20. The van der Waals surface area contributed by atoms with E-state index in [1.165, 1.54) is 54.2 Å². The highest BCUT2D eigenvalue weighted by Gasteiger charge is 2.14. The lowest BCUT2D eigenvalue weighted by molar-refractivity contribution is 0.669. The molecule has 0 aliphatic carbocycles. The summed E-state index contributed by atoms with van der Waals surface area (Å²) in [5.74, 6) is 0. The minimum Gasteiger partial charge on any atom is -0.456 e. The van der Waals surface area contributed by atoms with Crippen LogP contribution in [-0.4, -0.2) is 0 Å². The van der Waals surface area contributed by atoms with Crippen molar-refractivity contribution in [2.24, 2.45) is 0 Å². The van der Waals surface area contributed by atoms with E-state index < -0.39 is 0 Å². The van der Waals surface area contributed by atoms with E-state index in [1.54, 1.807) is 0 Å². The SMILES string of the molecule is c1ccc2c(-c3ccc4oc5ccc6ccccc6c5c4c3)c3ccccc3cc2c1. The molecular weight excluding hydrogens is 376 g/mol. The van der Waals surface area contributed by atoms with Gasteiger partial charge in [-0.25, -0.2) is 0 Å². The molecule has 0 fully saturated rings. The van der Waals surface area contributed by atoms with E-state index in [9.17, 15) is 0 Å². The van der Waals surface area contributed by atoms with E-state index in [0.29, 0.717) is 0 Å². The third-order valence-electron chi connectivity index (χ3n) is 6.42. The number of hydrogen-bond donors (Lipinski definition) is 0. The van der Waals surface area contributed by atoms with Gasteiger partial charge >= 0.3 is 0 Å². The first-order valence-electron chi connectivity index (χ1n) is 10.6. The van der Waals surface area contributed by atoms with Crippen molar-refractivity contribution in [1.29, 1.82) is 0 Å². The van der Waals surface area contributed by atoms with E-state index >= 15 is 0 Å². The molecule has 0 aliphatic heterocycles. The lowest BCUT2D eigenvalue weighted by Crippen LogP contribution is -1.85. The Morgan fingerprint density at radius 1 is 0.419 bits per heavy atom. The molecule has 1 heterocycles. The maximum atomic E-state index is 6.23. The van der Waals surface area contributed by atoms with Crippen molar-refractivity contribution in [3.63, 3.8) is 0 Å². The standard InChI is InChI=1S/C30H18O/c1-4-10-23-19(7-1)13-16-28-30(23)26-18-22(14-15-27(26)31-28)29-24-11-5-2-8-20(24)17-21-9-3-6-12-25(21)29/h1-18H. The zero-order chi connectivity index (χ0) is 20.4. The van der Waals surface area contributed by atoms with Gasteiger partial charge in [-0.15, -0.1) is 0 Å². The third-order valence-corrected chi connectivity index (χ3v) is 6.42. The van der Waals surface area contributed by atoms with E-state index in [1.807, 2.05) is 0 Å². The maximum absolute atomic E-state index is 6.23. The molecule has 0 amide bonds. The summed E-state index contributed by atoms with van der Waals surface area (Å²) in [7, 11) is 0. The Morgan fingerprint density at radius 2 is 1.03 bits per heavy atom. The first-order valence-corrected chi connectivity index (χ1v) is 10.6. The van der Waals surface area contributed by atoms with Gasteiger partial charge in [0.1, 0.15) is 11.2 Å². The highest BCUT2D eigenvalue weighted by Crippen LogP contribution is 2.40. The smallest absolute Gasteiger partial charge is 0.136 e. The van der Waals surface area contributed by atoms with Gasteiger partial charge in [-0.05, 0) is 67.7 Å². The lowest BCUT2D eigenvalue weighted by Gasteiger charge is -2.12. The summed E-state index contributed by atoms with van der Waals surface area (Å²) < 4.78 is 6.23. The van der Waals surface area contributed by atoms with Crippen LogP contribution in [0.3, 0.4) is 0 Å². The van der Waals surface area contributed by atoms with Gasteiger partial charge in [0.25, 0.3) is 0 Å². The average molecular weight is 394 g/mol. The number of fused-ring (bicyclic) bond motifs is 7. The molecule has 0 unspecified atom stereocenters. The fourth-order valence-corrected chi connectivity index (χ4v) is 5.03. The molecule has 6 aromatic carbocycles. The zero-order valence-corrected chi connectivity index (χ0v) is 16.8. The molecule has 144 valence electrons. The molecule has 1 heteroatoms. The van der Waals surface area contributed by atoms with Gasteiger partial charge in [-0.3, -0.25) is 0 Å². The van der Waals surface area contributed by atoms with E-state index in [0.717, 1.165) is 11.2 Å². The molecule has 0 atom stereocenters. The average Bonchev–Trinajstić information content (AvgIpc) is 3.21. The Kier molecular flexibility index (Phi) is 3.33. The Bertz CT molecular complexity index is 1730. The van der Waals surface area contributed by atoms with E-state index in [4.69, 9.17) is 4.42 Å². The molecule has 0 bridgehead atoms. The summed E-state index contributed by atoms with van der Waals surface area (Å²) >= 11 is 0. The van der Waals surface area contributed by atoms with Crippen molar-refractivity contribution < 1.29 is 4.42 Å². The molecule has 0 saturated carbocycles. The van der Waals surface area contributed by atoms with E-state index in [2.05, 4.69) is 109 Å². The van der Waals surface area contributed by atoms with Gasteiger partial charge < -0.3 is 4.42 Å². The van der Waals surface area contributed by atoms with Crippen LogP contribution in [0.2, 0.25) is 0 Å². The van der Waals surface area contributed by atoms with Crippen LogP contribution >= 0.6 is 0 Å². The van der Waals surface area contributed by atoms with Crippen LogP contribution in [0.5, 0.6) is 0 Å². The molecule has 1 nitrogen and oxygen atoms in total. The number of hydrogen-bond acceptors (Lipinski definition) is 1. The normalized spacial score (nSPS) is 11.9. The van der Waals surface area contributed by atoms with Crippen LogP contribution in [0, 0.1) is 0 Å². The molecule has 31 heavy (non-hydrogen) atoms. The van der Waals surface area contributed by atoms with Gasteiger partial charge in [0.2, 0.25) is 0 Å². The van der Waals surface area contributed by atoms with Crippen LogP contribution in [-0.2, 0) is 0 Å². The molecule has 0 saturated heterocycles. The van der Waals surface area contributed by atoms with Crippen LogP contribution in [0.1, 0.15) is 0 Å². The van der Waals surface area contributed by atoms with Crippen molar-refractivity contribution >= 4 is 54.3 Å². The van der Waals surface area contributed by atoms with E-state index in [-0.39, 0.29) is 0 Å². The molecular formula is C30H18O. The fourth-order valence-electron chi connectivity index (χ4n) is 5.03. The highest BCUT2D eigenvalue weighted by molar-refractivity contribution is 6.20. The number of benzene rings is 6. The van der Waals surface area contributed by atoms with Crippen LogP contribution in [0.25, 0.3) is 65.4 Å². The lowest BCUT2D eigenvalue weighted by atomic mass is 9.91. The second-order valence-corrected chi connectivity index (χ2v) is 8.17. The van der Waals surface area contributed by atoms with Gasteiger partial charge in [0, 0.05) is 10.8 Å². The summed E-state index contributed by atoms with van der Waals surface area (Å²) in [6, 6.07) is 39.0. The quantitative estimate of drug-likeness (QED) is 0.254. The largest absolute Gasteiger partial charge is 0.456 e. The number of furan rings is 1. The van der Waals surface area contributed by atoms with Crippen molar-refractivity contribution in [2.75, 3.05) is 0 Å². The van der Waals surface area contributed by atoms with Gasteiger partial charge in [-0.2, -0.15) is 0 Å². The van der Waals surface area contributed by atoms with Crippen LogP contribution in [0.15, 0.2) is 114 Å². The summed E-state index contributed by atoms with van der Waals surface area (Å²) in [6.07, 6.45) is 0. The summed E-state index contributed by atoms with van der Waals surface area (Å²) in [6.45, 7) is 0. The Labute approximate surface area is 179 Å². The van der Waals surface area contributed by atoms with Crippen molar-refractivity contribution in [3.8, 4) is 11.1 Å². The minimum absolute atomic E-state index is 0.930. The summed E-state index contributed by atoms with van der Waals surface area (Å²) in [5, 5.41) is 9.91. The topological polar surface area (TPSA) is 13.1 Å². The Hall–Kier alpha value is -4.10.